The third-order valence-electron chi connectivity index (χ3n) is 3.11. The Morgan fingerprint density at radius 1 is 1.00 bits per heavy atom. The molecule has 1 N–H and O–H groups in total. The van der Waals surface area contributed by atoms with Crippen molar-refractivity contribution in [2.24, 2.45) is 0 Å². The van der Waals surface area contributed by atoms with Gasteiger partial charge in [-0.1, -0.05) is 18.2 Å². The summed E-state index contributed by atoms with van der Waals surface area (Å²) in [5.41, 5.74) is 0.595. The molecule has 0 saturated heterocycles. The summed E-state index contributed by atoms with van der Waals surface area (Å²) in [5.74, 6) is 0.925. The van der Waals surface area contributed by atoms with Crippen LogP contribution in [-0.2, 0) is 10.0 Å². The number of hydrogen-bond acceptors (Lipinski definition) is 6. The van der Waals surface area contributed by atoms with Gasteiger partial charge in [-0.3, -0.25) is 0 Å². The van der Waals surface area contributed by atoms with Crippen LogP contribution in [0.3, 0.4) is 0 Å². The van der Waals surface area contributed by atoms with Gasteiger partial charge in [-0.2, -0.15) is 0 Å². The van der Waals surface area contributed by atoms with Gasteiger partial charge in [0.1, 0.15) is 12.3 Å². The first-order chi connectivity index (χ1) is 11.6. The predicted molar refractivity (Wildman–Crippen MR) is 86.9 cm³/mol. The first-order valence-electron chi connectivity index (χ1n) is 7.20. The van der Waals surface area contributed by atoms with Gasteiger partial charge in [-0.05, 0) is 30.3 Å². The van der Waals surface area contributed by atoms with E-state index in [0.29, 0.717) is 17.3 Å². The van der Waals surface area contributed by atoms with Gasteiger partial charge in [-0.15, -0.1) is 10.2 Å². The van der Waals surface area contributed by atoms with Crippen LogP contribution in [-0.4, -0.2) is 31.8 Å². The fraction of sp³-hybridized carbons (Fsp3) is 0.125. The lowest BCUT2D eigenvalue weighted by Crippen LogP contribution is -2.28. The summed E-state index contributed by atoms with van der Waals surface area (Å²) >= 11 is 0. The number of sulfonamides is 1. The summed E-state index contributed by atoms with van der Waals surface area (Å²) in [6.45, 7) is 0.264. The van der Waals surface area contributed by atoms with Crippen LogP contribution in [0.5, 0.6) is 5.88 Å². The molecule has 0 aliphatic carbocycles. The highest BCUT2D eigenvalue weighted by Crippen LogP contribution is 2.17. The number of nitrogens with one attached hydrogen (secondary N) is 1. The maximum atomic E-state index is 12.0. The number of hydrogen-bond donors (Lipinski definition) is 1. The zero-order chi connectivity index (χ0) is 16.8. The Hall–Kier alpha value is -2.71. The van der Waals surface area contributed by atoms with E-state index in [9.17, 15) is 8.42 Å². The van der Waals surface area contributed by atoms with Crippen molar-refractivity contribution in [2.45, 2.75) is 4.90 Å². The Morgan fingerprint density at radius 2 is 1.83 bits per heavy atom. The van der Waals surface area contributed by atoms with Crippen LogP contribution in [0.15, 0.2) is 70.2 Å². The molecular weight excluding hydrogens is 330 g/mol. The van der Waals surface area contributed by atoms with E-state index in [1.54, 1.807) is 48.7 Å². The average molecular weight is 345 g/mol. The smallest absolute Gasteiger partial charge is 0.240 e. The molecular formula is C16H15N3O4S. The van der Waals surface area contributed by atoms with Crippen LogP contribution < -0.4 is 9.46 Å². The lowest BCUT2D eigenvalue weighted by Gasteiger charge is -2.07. The molecule has 0 aliphatic heterocycles. The first-order valence-corrected chi connectivity index (χ1v) is 8.68. The summed E-state index contributed by atoms with van der Waals surface area (Å²) < 4.78 is 37.1. The van der Waals surface area contributed by atoms with Crippen molar-refractivity contribution in [1.82, 2.24) is 14.9 Å². The van der Waals surface area contributed by atoms with Crippen molar-refractivity contribution in [3.8, 4) is 17.3 Å². The Bertz CT molecular complexity index is 863. The van der Waals surface area contributed by atoms with Gasteiger partial charge in [0.15, 0.2) is 5.76 Å². The van der Waals surface area contributed by atoms with E-state index < -0.39 is 10.0 Å². The maximum Gasteiger partial charge on any atom is 0.240 e. The van der Waals surface area contributed by atoms with Gasteiger partial charge in [0.25, 0.3) is 0 Å². The molecule has 0 atom stereocenters. The van der Waals surface area contributed by atoms with Crippen molar-refractivity contribution in [3.63, 3.8) is 0 Å². The number of rotatable bonds is 7. The molecule has 1 aromatic carbocycles. The Morgan fingerprint density at radius 3 is 2.50 bits per heavy atom. The van der Waals surface area contributed by atoms with E-state index in [2.05, 4.69) is 14.9 Å². The average Bonchev–Trinajstić information content (AvgIpc) is 3.15. The fourth-order valence-electron chi connectivity index (χ4n) is 1.97. The molecule has 2 heterocycles. The number of aromatic nitrogens is 2. The molecule has 3 rings (SSSR count). The molecule has 0 fully saturated rings. The van der Waals surface area contributed by atoms with Gasteiger partial charge in [0.05, 0.1) is 11.2 Å². The van der Waals surface area contributed by atoms with Crippen LogP contribution in [0.25, 0.3) is 11.5 Å². The van der Waals surface area contributed by atoms with Crippen LogP contribution in [0.2, 0.25) is 0 Å². The van der Waals surface area contributed by atoms with Gasteiger partial charge in [0, 0.05) is 12.6 Å². The second-order valence-corrected chi connectivity index (χ2v) is 6.56. The quantitative estimate of drug-likeness (QED) is 0.659. The minimum absolute atomic E-state index is 0.124. The van der Waals surface area contributed by atoms with Gasteiger partial charge in [-0.25, -0.2) is 13.1 Å². The number of benzene rings is 1. The molecule has 0 saturated carbocycles. The van der Waals surface area contributed by atoms with E-state index in [4.69, 9.17) is 9.15 Å². The molecule has 0 spiro atoms. The Balaban J connectivity index is 1.50. The molecule has 124 valence electrons. The SMILES string of the molecule is O=S(=O)(NCCOc1ccc(-c2ccco2)nn1)c1ccccc1. The van der Waals surface area contributed by atoms with Crippen molar-refractivity contribution < 1.29 is 17.6 Å². The highest BCUT2D eigenvalue weighted by atomic mass is 32.2. The third kappa shape index (κ3) is 3.98. The van der Waals surface area contributed by atoms with Gasteiger partial charge >= 0.3 is 0 Å². The molecule has 0 amide bonds. The maximum absolute atomic E-state index is 12.0. The minimum Gasteiger partial charge on any atom is -0.475 e. The van der Waals surface area contributed by atoms with E-state index in [1.807, 2.05) is 0 Å². The highest BCUT2D eigenvalue weighted by molar-refractivity contribution is 7.89. The van der Waals surface area contributed by atoms with Crippen molar-refractivity contribution in [2.75, 3.05) is 13.2 Å². The molecule has 0 bridgehead atoms. The summed E-state index contributed by atoms with van der Waals surface area (Å²) in [6, 6.07) is 15.1. The third-order valence-corrected chi connectivity index (χ3v) is 4.59. The van der Waals surface area contributed by atoms with Crippen LogP contribution >= 0.6 is 0 Å². The Labute approximate surface area is 139 Å². The first kappa shape index (κ1) is 16.2. The van der Waals surface area contributed by atoms with Gasteiger partial charge < -0.3 is 9.15 Å². The monoisotopic (exact) mass is 345 g/mol. The summed E-state index contributed by atoms with van der Waals surface area (Å²) in [4.78, 5) is 0.215. The summed E-state index contributed by atoms with van der Waals surface area (Å²) in [5, 5.41) is 7.91. The van der Waals surface area contributed by atoms with Crippen LogP contribution in [0.1, 0.15) is 0 Å². The number of nitrogens with zero attached hydrogens (tertiary/aromatic N) is 2. The van der Waals surface area contributed by atoms with E-state index in [0.717, 1.165) is 0 Å². The van der Waals surface area contributed by atoms with Crippen molar-refractivity contribution >= 4 is 10.0 Å². The van der Waals surface area contributed by atoms with Crippen molar-refractivity contribution in [3.05, 3.63) is 60.9 Å². The molecule has 2 aromatic heterocycles. The minimum atomic E-state index is -3.53. The van der Waals surface area contributed by atoms with E-state index >= 15 is 0 Å². The Kier molecular flexibility index (Phi) is 4.88. The molecule has 0 radical (unpaired) electrons. The standard InChI is InChI=1S/C16H15N3O4S/c20-24(21,13-5-2-1-3-6-13)17-10-12-23-16-9-8-14(18-19-16)15-7-4-11-22-15/h1-9,11,17H,10,12H2. The fourth-order valence-corrected chi connectivity index (χ4v) is 3.00. The zero-order valence-corrected chi connectivity index (χ0v) is 13.4. The molecule has 3 aromatic rings. The molecule has 0 aliphatic rings. The van der Waals surface area contributed by atoms with Crippen LogP contribution in [0, 0.1) is 0 Å². The largest absolute Gasteiger partial charge is 0.475 e. The highest BCUT2D eigenvalue weighted by Gasteiger charge is 2.12. The topological polar surface area (TPSA) is 94.3 Å². The summed E-state index contributed by atoms with van der Waals surface area (Å²) in [6.07, 6.45) is 1.56. The van der Waals surface area contributed by atoms with E-state index in [-0.39, 0.29) is 18.0 Å². The molecule has 24 heavy (non-hydrogen) atoms. The zero-order valence-electron chi connectivity index (χ0n) is 12.6. The second-order valence-electron chi connectivity index (χ2n) is 4.79. The lowest BCUT2D eigenvalue weighted by atomic mass is 10.3. The van der Waals surface area contributed by atoms with Gasteiger partial charge in [0.2, 0.25) is 15.9 Å². The van der Waals surface area contributed by atoms with Crippen LogP contribution in [0.4, 0.5) is 0 Å². The summed E-state index contributed by atoms with van der Waals surface area (Å²) in [7, 11) is -3.53. The number of ether oxygens (including phenoxy) is 1. The van der Waals surface area contributed by atoms with Crippen molar-refractivity contribution in [1.29, 1.82) is 0 Å². The van der Waals surface area contributed by atoms with E-state index in [1.165, 1.54) is 12.1 Å². The molecule has 7 nitrogen and oxygen atoms in total. The second kappa shape index (κ2) is 7.24. The number of furan rings is 1. The lowest BCUT2D eigenvalue weighted by molar-refractivity contribution is 0.307. The molecule has 0 unspecified atom stereocenters. The predicted octanol–water partition coefficient (Wildman–Crippen LogP) is 2.09. The normalized spacial score (nSPS) is 11.3. The molecule has 8 heteroatoms.